The van der Waals surface area contributed by atoms with Gasteiger partial charge >= 0.3 is 6.11 Å². The van der Waals surface area contributed by atoms with Crippen LogP contribution in [0.4, 0.5) is 30.7 Å². The largest absolute Gasteiger partial charge is 0.459 e. The molecule has 2 aromatic rings. The molecular weight excluding hydrogens is 453 g/mol. The average Bonchev–Trinajstić information content (AvgIpc) is 2.75. The molecule has 0 atom stereocenters. The van der Waals surface area contributed by atoms with E-state index in [0.29, 0.717) is 29.9 Å². The second-order valence-corrected chi connectivity index (χ2v) is 7.70. The first-order chi connectivity index (χ1) is 15.6. The van der Waals surface area contributed by atoms with Crippen LogP contribution in [0.3, 0.4) is 0 Å². The van der Waals surface area contributed by atoms with Crippen molar-refractivity contribution in [2.24, 2.45) is 5.92 Å². The van der Waals surface area contributed by atoms with E-state index in [1.54, 1.807) is 0 Å². The fourth-order valence-electron chi connectivity index (χ4n) is 3.79. The predicted molar refractivity (Wildman–Crippen MR) is 108 cm³/mol. The van der Waals surface area contributed by atoms with Gasteiger partial charge in [0.1, 0.15) is 11.6 Å². The van der Waals surface area contributed by atoms with E-state index in [1.807, 2.05) is 6.08 Å². The number of ether oxygens (including phenoxy) is 2. The van der Waals surface area contributed by atoms with Crippen molar-refractivity contribution in [3.05, 3.63) is 83.9 Å². The number of benzene rings is 2. The van der Waals surface area contributed by atoms with E-state index in [-0.39, 0.29) is 12.0 Å². The van der Waals surface area contributed by atoms with Crippen LogP contribution in [-0.4, -0.2) is 6.43 Å². The van der Waals surface area contributed by atoms with Crippen LogP contribution < -0.4 is 9.47 Å². The maximum Gasteiger partial charge on any atom is 0.429 e. The molecule has 1 saturated carbocycles. The fraction of sp³-hybridized carbons (Fsp3) is 0.333. The second-order valence-electron chi connectivity index (χ2n) is 7.70. The Bertz CT molecular complexity index is 989. The summed E-state index contributed by atoms with van der Waals surface area (Å²) < 4.78 is 105. The van der Waals surface area contributed by atoms with E-state index < -0.39 is 47.0 Å². The van der Waals surface area contributed by atoms with Gasteiger partial charge in [-0.15, -0.1) is 6.58 Å². The topological polar surface area (TPSA) is 18.5 Å². The minimum absolute atomic E-state index is 0.0362. The molecule has 0 radical (unpaired) electrons. The summed E-state index contributed by atoms with van der Waals surface area (Å²) in [5.41, 5.74) is -0.503. The highest BCUT2D eigenvalue weighted by Crippen LogP contribution is 2.39. The zero-order valence-corrected chi connectivity index (χ0v) is 17.3. The van der Waals surface area contributed by atoms with Gasteiger partial charge in [0.25, 0.3) is 6.43 Å². The number of halogens is 7. The van der Waals surface area contributed by atoms with Gasteiger partial charge in [0, 0.05) is 18.2 Å². The van der Waals surface area contributed by atoms with Crippen LogP contribution in [0.5, 0.6) is 11.5 Å². The minimum Gasteiger partial charge on any atom is -0.459 e. The van der Waals surface area contributed by atoms with Crippen LogP contribution in [0, 0.1) is 23.4 Å². The first-order valence-corrected chi connectivity index (χ1v) is 10.2. The lowest BCUT2D eigenvalue weighted by atomic mass is 9.78. The lowest BCUT2D eigenvalue weighted by molar-refractivity contribution is -0.187. The van der Waals surface area contributed by atoms with Gasteiger partial charge in [-0.3, -0.25) is 0 Å². The molecule has 0 saturated heterocycles. The van der Waals surface area contributed by atoms with Crippen LogP contribution in [0.1, 0.15) is 42.7 Å². The van der Waals surface area contributed by atoms with Gasteiger partial charge < -0.3 is 9.47 Å². The summed E-state index contributed by atoms with van der Waals surface area (Å²) >= 11 is 0. The summed E-state index contributed by atoms with van der Waals surface area (Å²) in [6.45, 7) is 3.76. The molecule has 1 aliphatic rings. The second kappa shape index (κ2) is 10.3. The molecule has 0 amide bonds. The molecule has 0 unspecified atom stereocenters. The molecule has 0 heterocycles. The Morgan fingerprint density at radius 2 is 1.58 bits per heavy atom. The van der Waals surface area contributed by atoms with E-state index in [0.717, 1.165) is 37.8 Å². The Hall–Kier alpha value is -2.97. The Kier molecular flexibility index (Phi) is 7.71. The maximum absolute atomic E-state index is 14.6. The van der Waals surface area contributed by atoms with Crippen LogP contribution in [0.25, 0.3) is 0 Å². The maximum atomic E-state index is 14.6. The SMILES string of the molecule is C=CC1CCC(c2ccc(C(F)(F)Oc3cc(F)c(O/C=C/C(F)F)c(F)c3)c(F)c2)CC1. The van der Waals surface area contributed by atoms with Gasteiger partial charge in [0.2, 0.25) is 0 Å². The predicted octanol–water partition coefficient (Wildman–Crippen LogP) is 7.85. The van der Waals surface area contributed by atoms with Crippen molar-refractivity contribution in [2.75, 3.05) is 0 Å². The third kappa shape index (κ3) is 6.09. The van der Waals surface area contributed by atoms with Crippen molar-refractivity contribution < 1.29 is 40.2 Å². The van der Waals surface area contributed by atoms with Crippen LogP contribution in [0.2, 0.25) is 0 Å². The zero-order valence-electron chi connectivity index (χ0n) is 17.3. The molecule has 1 aliphatic carbocycles. The molecular formula is C24H21F7O2. The number of hydrogen-bond acceptors (Lipinski definition) is 2. The number of allylic oxidation sites excluding steroid dienone is 2. The molecule has 0 bridgehead atoms. The lowest BCUT2D eigenvalue weighted by Gasteiger charge is -2.27. The van der Waals surface area contributed by atoms with Gasteiger partial charge in [-0.25, -0.2) is 22.0 Å². The molecule has 0 spiro atoms. The van der Waals surface area contributed by atoms with Gasteiger partial charge in [-0.2, -0.15) is 8.78 Å². The summed E-state index contributed by atoms with van der Waals surface area (Å²) in [5.74, 6) is -5.73. The number of alkyl halides is 4. The third-order valence-electron chi connectivity index (χ3n) is 5.51. The Labute approximate surface area is 186 Å². The van der Waals surface area contributed by atoms with Gasteiger partial charge in [-0.1, -0.05) is 12.1 Å². The highest BCUT2D eigenvalue weighted by atomic mass is 19.3. The van der Waals surface area contributed by atoms with E-state index in [2.05, 4.69) is 16.1 Å². The molecule has 2 nitrogen and oxygen atoms in total. The van der Waals surface area contributed by atoms with E-state index in [1.165, 1.54) is 6.07 Å². The highest BCUT2D eigenvalue weighted by Gasteiger charge is 2.38. The molecule has 2 aromatic carbocycles. The Balaban J connectivity index is 1.75. The van der Waals surface area contributed by atoms with Crippen molar-refractivity contribution in [1.29, 1.82) is 0 Å². The van der Waals surface area contributed by atoms with E-state index in [9.17, 15) is 30.7 Å². The van der Waals surface area contributed by atoms with Crippen molar-refractivity contribution in [1.82, 2.24) is 0 Å². The first-order valence-electron chi connectivity index (χ1n) is 10.2. The molecule has 1 fully saturated rings. The lowest BCUT2D eigenvalue weighted by Crippen LogP contribution is -2.24. The van der Waals surface area contributed by atoms with Crippen LogP contribution in [0.15, 0.2) is 55.3 Å². The zero-order chi connectivity index (χ0) is 24.2. The van der Waals surface area contributed by atoms with E-state index in [4.69, 9.17) is 0 Å². The first kappa shape index (κ1) is 24.7. The monoisotopic (exact) mass is 474 g/mol. The van der Waals surface area contributed by atoms with Crippen molar-refractivity contribution in [3.8, 4) is 11.5 Å². The Morgan fingerprint density at radius 1 is 0.939 bits per heavy atom. The molecule has 178 valence electrons. The van der Waals surface area contributed by atoms with E-state index >= 15 is 0 Å². The van der Waals surface area contributed by atoms with Gasteiger partial charge in [-0.05, 0) is 55.2 Å². The Morgan fingerprint density at radius 3 is 2.12 bits per heavy atom. The molecule has 0 aromatic heterocycles. The smallest absolute Gasteiger partial charge is 0.429 e. The summed E-state index contributed by atoms with van der Waals surface area (Å²) in [6, 6.07) is 4.07. The van der Waals surface area contributed by atoms with Crippen molar-refractivity contribution in [2.45, 2.75) is 44.1 Å². The van der Waals surface area contributed by atoms with Crippen molar-refractivity contribution in [3.63, 3.8) is 0 Å². The molecule has 0 N–H and O–H groups in total. The normalized spacial score (nSPS) is 19.2. The minimum atomic E-state index is -4.24. The fourth-order valence-corrected chi connectivity index (χ4v) is 3.79. The summed E-state index contributed by atoms with van der Waals surface area (Å²) in [5, 5.41) is 0. The number of hydrogen-bond donors (Lipinski definition) is 0. The van der Waals surface area contributed by atoms with Crippen molar-refractivity contribution >= 4 is 0 Å². The number of rotatable bonds is 8. The average molecular weight is 474 g/mol. The summed E-state index contributed by atoms with van der Waals surface area (Å²) in [6.07, 6.45) is -1.36. The van der Waals surface area contributed by atoms with Gasteiger partial charge in [0.05, 0.1) is 11.8 Å². The summed E-state index contributed by atoms with van der Waals surface area (Å²) in [4.78, 5) is 0. The molecule has 3 rings (SSSR count). The molecule has 33 heavy (non-hydrogen) atoms. The van der Waals surface area contributed by atoms with Gasteiger partial charge in [0.15, 0.2) is 17.4 Å². The molecule has 0 aliphatic heterocycles. The van der Waals surface area contributed by atoms with Crippen LogP contribution in [-0.2, 0) is 6.11 Å². The summed E-state index contributed by atoms with van der Waals surface area (Å²) in [7, 11) is 0. The third-order valence-corrected chi connectivity index (χ3v) is 5.51. The molecule has 9 heteroatoms. The van der Waals surface area contributed by atoms with Crippen LogP contribution >= 0.6 is 0 Å². The quantitative estimate of drug-likeness (QED) is 0.220. The highest BCUT2D eigenvalue weighted by molar-refractivity contribution is 5.36. The standard InChI is InChI=1S/C24H21F7O2/c1-2-14-3-5-15(6-4-14)16-7-8-18(19(25)11-16)24(30,31)33-17-12-20(26)23(21(27)13-17)32-10-9-22(28)29/h2,7-15,22H,1,3-6H2/b10-9+.